The van der Waals surface area contributed by atoms with E-state index in [1.165, 1.54) is 44.9 Å². The number of hydrogen-bond donors (Lipinski definition) is 1. The second-order valence-electron chi connectivity index (χ2n) is 6.45. The van der Waals surface area contributed by atoms with Gasteiger partial charge in [0.25, 0.3) is 0 Å². The molecule has 2 aliphatic carbocycles. The lowest BCUT2D eigenvalue weighted by Gasteiger charge is -2.29. The molecule has 4 heteroatoms. The smallest absolute Gasteiger partial charge is 0.137 e. The van der Waals surface area contributed by atoms with E-state index in [0.29, 0.717) is 17.1 Å². The second-order valence-corrected chi connectivity index (χ2v) is 6.81. The number of hydrogen-bond acceptors (Lipinski definition) is 3. The van der Waals surface area contributed by atoms with Crippen LogP contribution in [0.3, 0.4) is 0 Å². The largest absolute Gasteiger partial charge is 0.367 e. The molecule has 1 aromatic rings. The lowest BCUT2D eigenvalue weighted by Crippen LogP contribution is -2.28. The van der Waals surface area contributed by atoms with Crippen LogP contribution in [0.1, 0.15) is 69.2 Å². The quantitative estimate of drug-likeness (QED) is 0.818. The van der Waals surface area contributed by atoms with Crippen LogP contribution in [0.2, 0.25) is 5.15 Å². The lowest BCUT2D eigenvalue weighted by molar-refractivity contribution is 0.328. The summed E-state index contributed by atoms with van der Waals surface area (Å²) < 4.78 is 0. The zero-order valence-corrected chi connectivity index (χ0v) is 13.2. The molecule has 2 fully saturated rings. The summed E-state index contributed by atoms with van der Waals surface area (Å²) in [7, 11) is 0. The van der Waals surface area contributed by atoms with Gasteiger partial charge in [-0.05, 0) is 45.4 Å². The Morgan fingerprint density at radius 2 is 1.80 bits per heavy atom. The van der Waals surface area contributed by atoms with E-state index in [9.17, 15) is 0 Å². The van der Waals surface area contributed by atoms with Crippen molar-refractivity contribution in [3.63, 3.8) is 0 Å². The van der Waals surface area contributed by atoms with Crippen molar-refractivity contribution in [3.8, 4) is 0 Å². The van der Waals surface area contributed by atoms with Crippen LogP contribution >= 0.6 is 11.6 Å². The molecule has 0 bridgehead atoms. The number of nitrogens with one attached hydrogen (secondary N) is 1. The van der Waals surface area contributed by atoms with Crippen molar-refractivity contribution in [2.24, 2.45) is 5.92 Å². The van der Waals surface area contributed by atoms with Gasteiger partial charge in [0.15, 0.2) is 0 Å². The van der Waals surface area contributed by atoms with Gasteiger partial charge in [-0.1, -0.05) is 30.9 Å². The molecule has 1 heterocycles. The third kappa shape index (κ3) is 3.08. The molecule has 3 rings (SSSR count). The van der Waals surface area contributed by atoms with Crippen molar-refractivity contribution < 1.29 is 0 Å². The molecule has 3 nitrogen and oxygen atoms in total. The minimum Gasteiger partial charge on any atom is -0.367 e. The summed E-state index contributed by atoms with van der Waals surface area (Å²) in [4.78, 5) is 9.15. The fourth-order valence-electron chi connectivity index (χ4n) is 3.14. The highest BCUT2D eigenvalue weighted by molar-refractivity contribution is 6.30. The molecule has 0 amide bonds. The molecule has 0 saturated heterocycles. The normalized spacial score (nSPS) is 21.8. The van der Waals surface area contributed by atoms with Gasteiger partial charge in [0, 0.05) is 17.5 Å². The van der Waals surface area contributed by atoms with Crippen molar-refractivity contribution in [3.05, 3.63) is 16.5 Å². The molecule has 0 radical (unpaired) electrons. The van der Waals surface area contributed by atoms with Gasteiger partial charge < -0.3 is 5.32 Å². The molecule has 0 spiro atoms. The molecule has 1 aromatic heterocycles. The minimum absolute atomic E-state index is 0.465. The summed E-state index contributed by atoms with van der Waals surface area (Å²) in [5, 5.41) is 4.22. The van der Waals surface area contributed by atoms with Gasteiger partial charge in [0.05, 0.1) is 0 Å². The van der Waals surface area contributed by atoms with E-state index >= 15 is 0 Å². The Hall–Kier alpha value is -0.830. The Bertz CT molecular complexity index is 479. The maximum absolute atomic E-state index is 6.27. The highest BCUT2D eigenvalue weighted by Crippen LogP contribution is 2.39. The molecule has 1 unspecified atom stereocenters. The van der Waals surface area contributed by atoms with Crippen LogP contribution in [0, 0.1) is 12.8 Å². The highest BCUT2D eigenvalue weighted by atomic mass is 35.5. The summed E-state index contributed by atoms with van der Waals surface area (Å²) in [6.45, 7) is 4.29. The monoisotopic (exact) mass is 293 g/mol. The molecule has 2 aliphatic rings. The van der Waals surface area contributed by atoms with Crippen LogP contribution < -0.4 is 5.32 Å². The molecular weight excluding hydrogens is 270 g/mol. The number of anilines is 1. The number of rotatable bonds is 4. The molecule has 110 valence electrons. The average molecular weight is 294 g/mol. The van der Waals surface area contributed by atoms with Crippen molar-refractivity contribution in [1.29, 1.82) is 0 Å². The van der Waals surface area contributed by atoms with E-state index in [1.807, 2.05) is 6.92 Å². The molecule has 1 N–H and O–H groups in total. The standard InChI is InChI=1S/C16H24ClN3/c1-10-14(17)19-16(13-8-9-13)20-15(10)18-11(2)12-6-4-3-5-7-12/h11-13H,3-9H2,1-2H3,(H,18,19,20). The average Bonchev–Trinajstić information content (AvgIpc) is 3.29. The van der Waals surface area contributed by atoms with Crippen molar-refractivity contribution in [2.45, 2.75) is 70.8 Å². The predicted molar refractivity (Wildman–Crippen MR) is 83.4 cm³/mol. The van der Waals surface area contributed by atoms with Crippen LogP contribution in [0.5, 0.6) is 0 Å². The maximum Gasteiger partial charge on any atom is 0.137 e. The number of halogens is 1. The van der Waals surface area contributed by atoms with Crippen molar-refractivity contribution in [2.75, 3.05) is 5.32 Å². The third-order valence-corrected chi connectivity index (χ3v) is 5.14. The highest BCUT2D eigenvalue weighted by Gasteiger charge is 2.28. The number of nitrogens with zero attached hydrogens (tertiary/aromatic N) is 2. The van der Waals surface area contributed by atoms with Gasteiger partial charge in [-0.15, -0.1) is 0 Å². The van der Waals surface area contributed by atoms with Gasteiger partial charge in [0.1, 0.15) is 16.8 Å². The minimum atomic E-state index is 0.465. The van der Waals surface area contributed by atoms with Gasteiger partial charge in [-0.3, -0.25) is 0 Å². The third-order valence-electron chi connectivity index (χ3n) is 4.77. The first-order valence-corrected chi connectivity index (χ1v) is 8.33. The van der Waals surface area contributed by atoms with Crippen LogP contribution in [-0.4, -0.2) is 16.0 Å². The van der Waals surface area contributed by atoms with E-state index in [-0.39, 0.29) is 0 Å². The van der Waals surface area contributed by atoms with Gasteiger partial charge >= 0.3 is 0 Å². The van der Waals surface area contributed by atoms with E-state index in [4.69, 9.17) is 16.6 Å². The summed E-state index contributed by atoms with van der Waals surface area (Å²) in [6.07, 6.45) is 9.21. The van der Waals surface area contributed by atoms with Gasteiger partial charge in [-0.25, -0.2) is 9.97 Å². The SMILES string of the molecule is Cc1c(Cl)nc(C2CC2)nc1NC(C)C1CCCCC1. The van der Waals surface area contributed by atoms with E-state index in [0.717, 1.165) is 23.1 Å². The fourth-order valence-corrected chi connectivity index (χ4v) is 3.31. The van der Waals surface area contributed by atoms with E-state index in [2.05, 4.69) is 17.2 Å². The Morgan fingerprint density at radius 3 is 2.45 bits per heavy atom. The summed E-state index contributed by atoms with van der Waals surface area (Å²) in [5.41, 5.74) is 0.985. The first kappa shape index (κ1) is 14.1. The van der Waals surface area contributed by atoms with Gasteiger partial charge in [-0.2, -0.15) is 0 Å². The molecular formula is C16H24ClN3. The molecule has 1 atom stereocenters. The fraction of sp³-hybridized carbons (Fsp3) is 0.750. The van der Waals surface area contributed by atoms with Crippen LogP contribution in [0.25, 0.3) is 0 Å². The van der Waals surface area contributed by atoms with Gasteiger partial charge in [0.2, 0.25) is 0 Å². The summed E-state index contributed by atoms with van der Waals surface area (Å²) >= 11 is 6.27. The van der Waals surface area contributed by atoms with Crippen molar-refractivity contribution in [1.82, 2.24) is 9.97 Å². The van der Waals surface area contributed by atoms with Crippen molar-refractivity contribution >= 4 is 17.4 Å². The van der Waals surface area contributed by atoms with E-state index in [1.54, 1.807) is 0 Å². The Kier molecular flexibility index (Phi) is 4.16. The first-order chi connectivity index (χ1) is 9.65. The lowest BCUT2D eigenvalue weighted by atomic mass is 9.84. The molecule has 0 aromatic carbocycles. The molecule has 20 heavy (non-hydrogen) atoms. The Balaban J connectivity index is 1.75. The summed E-state index contributed by atoms with van der Waals surface area (Å²) in [6, 6.07) is 0.465. The predicted octanol–water partition coefficient (Wildman–Crippen LogP) is 4.70. The number of aromatic nitrogens is 2. The topological polar surface area (TPSA) is 37.8 Å². The first-order valence-electron chi connectivity index (χ1n) is 7.95. The van der Waals surface area contributed by atoms with Crippen LogP contribution in [-0.2, 0) is 0 Å². The Morgan fingerprint density at radius 1 is 1.10 bits per heavy atom. The summed E-state index contributed by atoms with van der Waals surface area (Å²) in [5.74, 6) is 3.18. The maximum atomic E-state index is 6.27. The zero-order valence-electron chi connectivity index (χ0n) is 12.5. The molecule has 2 saturated carbocycles. The van der Waals surface area contributed by atoms with E-state index < -0.39 is 0 Å². The second kappa shape index (κ2) is 5.88. The van der Waals surface area contributed by atoms with Crippen LogP contribution in [0.4, 0.5) is 5.82 Å². The Labute approximate surface area is 126 Å². The van der Waals surface area contributed by atoms with Crippen LogP contribution in [0.15, 0.2) is 0 Å². The zero-order chi connectivity index (χ0) is 14.1. The molecule has 0 aliphatic heterocycles.